The molecule has 0 atom stereocenters. The van der Waals surface area contributed by atoms with E-state index >= 15 is 0 Å². The lowest BCUT2D eigenvalue weighted by Gasteiger charge is -2.30. The van der Waals surface area contributed by atoms with Gasteiger partial charge in [-0.15, -0.1) is 0 Å². The average molecular weight is 452 g/mol. The molecular formula is C23H24N4O6. The number of ether oxygens (including phenoxy) is 2. The summed E-state index contributed by atoms with van der Waals surface area (Å²) in [5, 5.41) is 20.2. The van der Waals surface area contributed by atoms with Crippen molar-refractivity contribution in [3.05, 3.63) is 63.7 Å². The van der Waals surface area contributed by atoms with Gasteiger partial charge in [0.25, 0.3) is 11.6 Å². The van der Waals surface area contributed by atoms with E-state index in [2.05, 4.69) is 0 Å². The first-order valence-corrected chi connectivity index (χ1v) is 10.4. The number of nitro benzene ring substituents is 1. The molecule has 1 amide bonds. The second-order valence-corrected chi connectivity index (χ2v) is 7.42. The minimum absolute atomic E-state index is 0.0119. The van der Waals surface area contributed by atoms with Gasteiger partial charge in [0, 0.05) is 37.5 Å². The normalized spacial score (nSPS) is 13.2. The van der Waals surface area contributed by atoms with Crippen LogP contribution in [-0.2, 0) is 14.3 Å². The highest BCUT2D eigenvalue weighted by Crippen LogP contribution is 2.27. The number of nitro groups is 1. The summed E-state index contributed by atoms with van der Waals surface area (Å²) in [6.07, 6.45) is 0.111. The lowest BCUT2D eigenvalue weighted by atomic mass is 10.1. The van der Waals surface area contributed by atoms with Crippen molar-refractivity contribution in [2.45, 2.75) is 13.3 Å². The summed E-state index contributed by atoms with van der Waals surface area (Å²) in [6, 6.07) is 13.2. The second kappa shape index (κ2) is 11.1. The molecule has 33 heavy (non-hydrogen) atoms. The highest BCUT2D eigenvalue weighted by atomic mass is 16.6. The van der Waals surface area contributed by atoms with Gasteiger partial charge in [-0.3, -0.25) is 14.9 Å². The zero-order valence-corrected chi connectivity index (χ0v) is 18.2. The summed E-state index contributed by atoms with van der Waals surface area (Å²) in [5.41, 5.74) is 1.85. The first-order valence-electron chi connectivity index (χ1n) is 10.4. The predicted molar refractivity (Wildman–Crippen MR) is 120 cm³/mol. The van der Waals surface area contributed by atoms with Gasteiger partial charge in [-0.05, 0) is 25.1 Å². The maximum absolute atomic E-state index is 12.9. The minimum atomic E-state index is -0.835. The lowest BCUT2D eigenvalue weighted by molar-refractivity contribution is -0.384. The first-order chi connectivity index (χ1) is 15.9. The molecule has 1 saturated heterocycles. The van der Waals surface area contributed by atoms with Crippen LogP contribution in [0.4, 0.5) is 17.1 Å². The van der Waals surface area contributed by atoms with Crippen LogP contribution >= 0.6 is 0 Å². The van der Waals surface area contributed by atoms with Crippen LogP contribution < -0.4 is 9.80 Å². The van der Waals surface area contributed by atoms with Crippen LogP contribution in [0.3, 0.4) is 0 Å². The van der Waals surface area contributed by atoms with E-state index in [1.54, 1.807) is 12.1 Å². The van der Waals surface area contributed by atoms with Crippen LogP contribution in [0.5, 0.6) is 0 Å². The van der Waals surface area contributed by atoms with Gasteiger partial charge in [0.15, 0.2) is 6.61 Å². The fourth-order valence-corrected chi connectivity index (χ4v) is 3.45. The zero-order chi connectivity index (χ0) is 23.8. The van der Waals surface area contributed by atoms with E-state index < -0.39 is 23.4 Å². The molecule has 0 aromatic heterocycles. The Morgan fingerprint density at radius 1 is 1.21 bits per heavy atom. The third-order valence-electron chi connectivity index (χ3n) is 5.18. The van der Waals surface area contributed by atoms with Gasteiger partial charge in [0.1, 0.15) is 0 Å². The Hall–Kier alpha value is -3.97. The predicted octanol–water partition coefficient (Wildman–Crippen LogP) is 2.84. The number of hydrogen-bond acceptors (Lipinski definition) is 8. The van der Waals surface area contributed by atoms with Crippen LogP contribution in [0.25, 0.3) is 0 Å². The molecule has 0 saturated carbocycles. The van der Waals surface area contributed by atoms with Crippen LogP contribution in [-0.4, -0.2) is 56.3 Å². The Morgan fingerprint density at radius 2 is 1.91 bits per heavy atom. The summed E-state index contributed by atoms with van der Waals surface area (Å²) in [7, 11) is 0. The summed E-state index contributed by atoms with van der Waals surface area (Å²) in [4.78, 5) is 39.6. The van der Waals surface area contributed by atoms with E-state index in [0.29, 0.717) is 37.7 Å². The first kappa shape index (κ1) is 23.7. The quantitative estimate of drug-likeness (QED) is 0.340. The number of morpholine rings is 1. The Kier molecular flexibility index (Phi) is 7.94. The van der Waals surface area contributed by atoms with E-state index in [4.69, 9.17) is 14.7 Å². The molecule has 1 aliphatic heterocycles. The van der Waals surface area contributed by atoms with Crippen molar-refractivity contribution in [3.8, 4) is 6.07 Å². The summed E-state index contributed by atoms with van der Waals surface area (Å²) in [5.74, 6) is -1.33. The van der Waals surface area contributed by atoms with Gasteiger partial charge in [-0.2, -0.15) is 5.26 Å². The molecule has 172 valence electrons. The van der Waals surface area contributed by atoms with Crippen LogP contribution in [0.15, 0.2) is 42.5 Å². The number of esters is 1. The molecule has 0 unspecified atom stereocenters. The number of non-ortho nitro benzene ring substituents is 1. The minimum Gasteiger partial charge on any atom is -0.452 e. The number of aryl methyl sites for hydroxylation is 1. The van der Waals surface area contributed by atoms with E-state index in [1.807, 2.05) is 30.0 Å². The monoisotopic (exact) mass is 452 g/mol. The number of anilines is 2. The summed E-state index contributed by atoms with van der Waals surface area (Å²) >= 11 is 0. The Balaban J connectivity index is 1.78. The van der Waals surface area contributed by atoms with Crippen molar-refractivity contribution in [1.82, 2.24) is 0 Å². The Morgan fingerprint density at radius 3 is 2.55 bits per heavy atom. The topological polar surface area (TPSA) is 126 Å². The second-order valence-electron chi connectivity index (χ2n) is 7.42. The smallest absolute Gasteiger partial charge is 0.341 e. The van der Waals surface area contributed by atoms with Gasteiger partial charge in [0.05, 0.1) is 41.9 Å². The van der Waals surface area contributed by atoms with Crippen LogP contribution in [0.1, 0.15) is 22.3 Å². The molecular weight excluding hydrogens is 428 g/mol. The molecule has 10 nitrogen and oxygen atoms in total. The van der Waals surface area contributed by atoms with Gasteiger partial charge in [0.2, 0.25) is 0 Å². The van der Waals surface area contributed by atoms with Gasteiger partial charge in [-0.25, -0.2) is 4.79 Å². The molecule has 0 radical (unpaired) electrons. The van der Waals surface area contributed by atoms with Crippen molar-refractivity contribution >= 4 is 28.9 Å². The highest BCUT2D eigenvalue weighted by Gasteiger charge is 2.24. The molecule has 0 bridgehead atoms. The third kappa shape index (κ3) is 6.05. The van der Waals surface area contributed by atoms with Crippen LogP contribution in [0.2, 0.25) is 0 Å². The maximum Gasteiger partial charge on any atom is 0.341 e. The van der Waals surface area contributed by atoms with Crippen molar-refractivity contribution < 1.29 is 24.0 Å². The molecule has 0 spiro atoms. The fourth-order valence-electron chi connectivity index (χ4n) is 3.45. The number of benzene rings is 2. The van der Waals surface area contributed by atoms with E-state index in [1.165, 1.54) is 17.0 Å². The number of nitriles is 1. The summed E-state index contributed by atoms with van der Waals surface area (Å²) < 4.78 is 10.6. The van der Waals surface area contributed by atoms with E-state index in [0.717, 1.165) is 11.6 Å². The molecule has 3 rings (SSSR count). The SMILES string of the molecule is Cc1ccc(N(CCC#N)C(=O)COC(=O)c2cc([N+](=O)[O-])ccc2N2CCOCC2)cc1. The fraction of sp³-hybridized carbons (Fsp3) is 0.348. The largest absolute Gasteiger partial charge is 0.452 e. The number of nitrogens with zero attached hydrogens (tertiary/aromatic N) is 4. The highest BCUT2D eigenvalue weighted by molar-refractivity contribution is 6.00. The molecule has 0 aliphatic carbocycles. The zero-order valence-electron chi connectivity index (χ0n) is 18.2. The van der Waals surface area contributed by atoms with Crippen LogP contribution in [0, 0.1) is 28.4 Å². The molecule has 2 aromatic rings. The molecule has 1 aliphatic rings. The number of carbonyl (C=O) groups excluding carboxylic acids is 2. The van der Waals surface area contributed by atoms with Gasteiger partial charge in [-0.1, -0.05) is 17.7 Å². The number of hydrogen-bond donors (Lipinski definition) is 0. The standard InChI is InChI=1S/C23H24N4O6/c1-17-3-5-18(6-4-17)26(10-2-9-24)22(28)16-33-23(29)20-15-19(27(30)31)7-8-21(20)25-11-13-32-14-12-25/h3-8,15H,2,10-14,16H2,1H3. The van der Waals surface area contributed by atoms with E-state index in [9.17, 15) is 19.7 Å². The van der Waals surface area contributed by atoms with Crippen molar-refractivity contribution in [2.75, 3.05) is 49.3 Å². The molecule has 0 N–H and O–H groups in total. The van der Waals surface area contributed by atoms with Crippen molar-refractivity contribution in [1.29, 1.82) is 5.26 Å². The Labute approximate surface area is 191 Å². The molecule has 1 heterocycles. The Bertz CT molecular complexity index is 1060. The van der Waals surface area contributed by atoms with Crippen molar-refractivity contribution in [2.24, 2.45) is 0 Å². The average Bonchev–Trinajstić information content (AvgIpc) is 2.84. The van der Waals surface area contributed by atoms with E-state index in [-0.39, 0.29) is 24.2 Å². The third-order valence-corrected chi connectivity index (χ3v) is 5.18. The van der Waals surface area contributed by atoms with Gasteiger partial charge >= 0.3 is 5.97 Å². The summed E-state index contributed by atoms with van der Waals surface area (Å²) in [6.45, 7) is 3.47. The van der Waals surface area contributed by atoms with Crippen molar-refractivity contribution in [3.63, 3.8) is 0 Å². The number of rotatable bonds is 8. The molecule has 2 aromatic carbocycles. The maximum atomic E-state index is 12.9. The molecule has 10 heteroatoms. The molecule has 1 fully saturated rings. The number of carbonyl (C=O) groups is 2. The number of amides is 1. The van der Waals surface area contributed by atoms with Gasteiger partial charge < -0.3 is 19.3 Å². The lowest BCUT2D eigenvalue weighted by Crippen LogP contribution is -2.38.